The fourth-order valence-corrected chi connectivity index (χ4v) is 3.88. The van der Waals surface area contributed by atoms with E-state index in [0.29, 0.717) is 17.0 Å². The molecule has 0 unspecified atom stereocenters. The number of sulfonamides is 1. The molecular weight excluding hydrogens is 336 g/mol. The molecule has 0 radical (unpaired) electrons. The van der Waals surface area contributed by atoms with Gasteiger partial charge < -0.3 is 4.90 Å². The van der Waals surface area contributed by atoms with Crippen molar-refractivity contribution < 1.29 is 13.2 Å². The Kier molecular flexibility index (Phi) is 5.98. The van der Waals surface area contributed by atoms with Gasteiger partial charge in [0.1, 0.15) is 0 Å². The van der Waals surface area contributed by atoms with Crippen molar-refractivity contribution in [2.75, 3.05) is 20.6 Å². The van der Waals surface area contributed by atoms with Crippen molar-refractivity contribution in [3.05, 3.63) is 65.2 Å². The van der Waals surface area contributed by atoms with Gasteiger partial charge in [-0.25, -0.2) is 8.42 Å². The van der Waals surface area contributed by atoms with Crippen molar-refractivity contribution in [3.8, 4) is 0 Å². The summed E-state index contributed by atoms with van der Waals surface area (Å²) in [7, 11) is -0.153. The zero-order chi connectivity index (χ0) is 18.6. The Morgan fingerprint density at radius 3 is 2.00 bits per heavy atom. The number of hydrogen-bond donors (Lipinski definition) is 0. The lowest BCUT2D eigenvalue weighted by Crippen LogP contribution is -2.30. The molecule has 2 rings (SSSR count). The number of amides is 1. The van der Waals surface area contributed by atoms with Gasteiger partial charge in [0.25, 0.3) is 5.91 Å². The van der Waals surface area contributed by atoms with Crippen molar-refractivity contribution in [1.82, 2.24) is 9.21 Å². The summed E-state index contributed by atoms with van der Waals surface area (Å²) < 4.78 is 27.0. The fraction of sp³-hybridized carbons (Fsp3) is 0.316. The minimum absolute atomic E-state index is 0.0776. The smallest absolute Gasteiger partial charge is 0.253 e. The third-order valence-corrected chi connectivity index (χ3v) is 5.91. The summed E-state index contributed by atoms with van der Waals surface area (Å²) in [4.78, 5) is 13.7. The average molecular weight is 360 g/mol. The maximum atomic E-state index is 12.8. The Morgan fingerprint density at radius 2 is 1.52 bits per heavy atom. The largest absolute Gasteiger partial charge is 0.345 e. The van der Waals surface area contributed by atoms with Crippen LogP contribution in [0.3, 0.4) is 0 Å². The van der Waals surface area contributed by atoms with Crippen LogP contribution in [-0.2, 0) is 16.6 Å². The van der Waals surface area contributed by atoms with E-state index < -0.39 is 10.0 Å². The van der Waals surface area contributed by atoms with Crippen molar-refractivity contribution in [2.45, 2.75) is 25.3 Å². The summed E-state index contributed by atoms with van der Waals surface area (Å²) in [6.45, 7) is 4.37. The maximum absolute atomic E-state index is 12.8. The topological polar surface area (TPSA) is 57.7 Å². The summed E-state index contributed by atoms with van der Waals surface area (Å²) in [5.41, 5.74) is 2.44. The molecule has 2 aromatic rings. The molecule has 0 fully saturated rings. The molecule has 0 aliphatic carbocycles. The van der Waals surface area contributed by atoms with Crippen LogP contribution >= 0.6 is 0 Å². The summed E-state index contributed by atoms with van der Waals surface area (Å²) in [5.74, 6) is -0.0776. The van der Waals surface area contributed by atoms with Crippen LogP contribution < -0.4 is 0 Å². The second-order valence-corrected chi connectivity index (χ2v) is 8.08. The van der Waals surface area contributed by atoms with E-state index in [4.69, 9.17) is 0 Å². The van der Waals surface area contributed by atoms with E-state index in [-0.39, 0.29) is 12.5 Å². The highest BCUT2D eigenvalue weighted by Crippen LogP contribution is 2.19. The molecule has 0 N–H and O–H groups in total. The molecule has 0 bridgehead atoms. The molecule has 1 amide bonds. The van der Waals surface area contributed by atoms with Crippen LogP contribution in [0.15, 0.2) is 53.4 Å². The van der Waals surface area contributed by atoms with E-state index in [1.165, 1.54) is 9.21 Å². The molecule has 0 spiro atoms. The van der Waals surface area contributed by atoms with Gasteiger partial charge in [-0.15, -0.1) is 0 Å². The molecule has 6 heteroatoms. The minimum Gasteiger partial charge on any atom is -0.345 e. The zero-order valence-corrected chi connectivity index (χ0v) is 15.9. The second kappa shape index (κ2) is 7.80. The summed E-state index contributed by atoms with van der Waals surface area (Å²) in [6, 6.07) is 13.9. The van der Waals surface area contributed by atoms with Gasteiger partial charge in [0.05, 0.1) is 4.90 Å². The number of aryl methyl sites for hydroxylation is 1. The van der Waals surface area contributed by atoms with E-state index in [1.807, 2.05) is 13.8 Å². The lowest BCUT2D eigenvalue weighted by molar-refractivity contribution is 0.0827. The number of hydrogen-bond acceptors (Lipinski definition) is 3. The minimum atomic E-state index is -3.55. The maximum Gasteiger partial charge on any atom is 0.253 e. The molecule has 0 heterocycles. The number of carbonyl (C=O) groups excluding carboxylic acids is 1. The van der Waals surface area contributed by atoms with Gasteiger partial charge in [0.15, 0.2) is 0 Å². The van der Waals surface area contributed by atoms with Gasteiger partial charge in [-0.2, -0.15) is 4.31 Å². The first-order valence-corrected chi connectivity index (χ1v) is 9.57. The summed E-state index contributed by atoms with van der Waals surface area (Å²) >= 11 is 0. The molecule has 0 saturated heterocycles. The van der Waals surface area contributed by atoms with Gasteiger partial charge >= 0.3 is 0 Å². The molecule has 0 aromatic heterocycles. The van der Waals surface area contributed by atoms with Crippen LogP contribution in [0.1, 0.15) is 28.4 Å². The average Bonchev–Trinajstić information content (AvgIpc) is 2.59. The van der Waals surface area contributed by atoms with E-state index >= 15 is 0 Å². The van der Waals surface area contributed by atoms with Gasteiger partial charge in [-0.05, 0) is 36.8 Å². The van der Waals surface area contributed by atoms with Gasteiger partial charge in [0, 0.05) is 32.7 Å². The monoisotopic (exact) mass is 360 g/mol. The molecule has 25 heavy (non-hydrogen) atoms. The van der Waals surface area contributed by atoms with Crippen molar-refractivity contribution >= 4 is 15.9 Å². The lowest BCUT2D eigenvalue weighted by atomic mass is 10.1. The van der Waals surface area contributed by atoms with Crippen molar-refractivity contribution in [2.24, 2.45) is 0 Å². The van der Waals surface area contributed by atoms with Crippen molar-refractivity contribution in [1.29, 1.82) is 0 Å². The lowest BCUT2D eigenvalue weighted by Gasteiger charge is -2.21. The van der Waals surface area contributed by atoms with Crippen LogP contribution in [0.4, 0.5) is 0 Å². The van der Waals surface area contributed by atoms with Crippen molar-refractivity contribution in [3.63, 3.8) is 0 Å². The van der Waals surface area contributed by atoms with E-state index in [9.17, 15) is 13.2 Å². The second-order valence-electron chi connectivity index (χ2n) is 6.14. The first-order chi connectivity index (χ1) is 11.8. The van der Waals surface area contributed by atoms with E-state index in [0.717, 1.165) is 11.1 Å². The SMILES string of the molecule is CCN(Cc1ccc(C(=O)N(C)C)cc1)S(=O)(=O)c1ccc(C)cc1. The van der Waals surface area contributed by atoms with Crippen LogP contribution in [0.25, 0.3) is 0 Å². The highest BCUT2D eigenvalue weighted by atomic mass is 32.2. The number of nitrogens with zero attached hydrogens (tertiary/aromatic N) is 2. The van der Waals surface area contributed by atoms with Gasteiger partial charge in [0.2, 0.25) is 10.0 Å². The molecule has 0 aliphatic heterocycles. The molecule has 2 aromatic carbocycles. The quantitative estimate of drug-likeness (QED) is 0.796. The Bertz CT molecular complexity index is 826. The predicted octanol–water partition coefficient (Wildman–Crippen LogP) is 2.91. The van der Waals surface area contributed by atoms with Crippen LogP contribution in [0.5, 0.6) is 0 Å². The van der Waals surface area contributed by atoms with Crippen LogP contribution in [0, 0.1) is 6.92 Å². The number of carbonyl (C=O) groups is 1. The molecule has 134 valence electrons. The van der Waals surface area contributed by atoms with Gasteiger partial charge in [-0.1, -0.05) is 36.8 Å². The first kappa shape index (κ1) is 19.1. The van der Waals surface area contributed by atoms with E-state index in [1.54, 1.807) is 62.6 Å². The van der Waals surface area contributed by atoms with Crippen LogP contribution in [0.2, 0.25) is 0 Å². The summed E-state index contributed by atoms with van der Waals surface area (Å²) in [5, 5.41) is 0. The Labute approximate surface area is 149 Å². The molecular formula is C19H24N2O3S. The standard InChI is InChI=1S/C19H24N2O3S/c1-5-21(25(23,24)18-12-6-15(2)7-13-18)14-16-8-10-17(11-9-16)19(22)20(3)4/h6-13H,5,14H2,1-4H3. The van der Waals surface area contributed by atoms with Crippen LogP contribution in [-0.4, -0.2) is 44.2 Å². The predicted molar refractivity (Wildman–Crippen MR) is 98.9 cm³/mol. The third kappa shape index (κ3) is 4.46. The molecule has 0 aliphatic rings. The van der Waals surface area contributed by atoms with E-state index in [2.05, 4.69) is 0 Å². The Balaban J connectivity index is 2.21. The molecule has 5 nitrogen and oxygen atoms in total. The zero-order valence-electron chi connectivity index (χ0n) is 15.1. The fourth-order valence-electron chi connectivity index (χ4n) is 2.44. The third-order valence-electron chi connectivity index (χ3n) is 3.98. The Morgan fingerprint density at radius 1 is 0.960 bits per heavy atom. The number of rotatable bonds is 6. The normalized spacial score (nSPS) is 11.6. The number of benzene rings is 2. The van der Waals surface area contributed by atoms with Gasteiger partial charge in [-0.3, -0.25) is 4.79 Å². The Hall–Kier alpha value is -2.18. The first-order valence-electron chi connectivity index (χ1n) is 8.13. The molecule has 0 saturated carbocycles. The molecule has 0 atom stereocenters. The summed E-state index contributed by atoms with van der Waals surface area (Å²) in [6.07, 6.45) is 0. The highest BCUT2D eigenvalue weighted by Gasteiger charge is 2.23. The highest BCUT2D eigenvalue weighted by molar-refractivity contribution is 7.89.